The maximum Gasteiger partial charge on any atom is 1.00 e. The van der Waals surface area contributed by atoms with Crippen molar-refractivity contribution in [1.82, 2.24) is 0 Å². The summed E-state index contributed by atoms with van der Waals surface area (Å²) in [5.74, 6) is 0. The zero-order valence-electron chi connectivity index (χ0n) is 7.08. The second-order valence-electron chi connectivity index (χ2n) is 0.447. The van der Waals surface area contributed by atoms with Crippen molar-refractivity contribution in [2.45, 2.75) is 0 Å². The van der Waals surface area contributed by atoms with Crippen LogP contribution in [0.4, 0.5) is 0 Å². The minimum absolute atomic E-state index is 0. The molecule has 0 saturated carbocycles. The fourth-order valence-corrected chi connectivity index (χ4v) is 0. The Morgan fingerprint density at radius 2 is 0.889 bits per heavy atom. The summed E-state index contributed by atoms with van der Waals surface area (Å²) in [5.41, 5.74) is 0. The SMILES string of the molecule is O=P([O-])([O-])[O-].[H-].[Na+].[Na+].[Na+].[Na+]. The summed E-state index contributed by atoms with van der Waals surface area (Å²) in [4.78, 5) is 25.6. The molecule has 0 atom stereocenters. The Hall–Kier alpha value is 4.11. The topological polar surface area (TPSA) is 86.2 Å². The Balaban J connectivity index is -0.00000000800. The van der Waals surface area contributed by atoms with Gasteiger partial charge in [-0.05, 0) is 0 Å². The summed E-state index contributed by atoms with van der Waals surface area (Å²) in [6.07, 6.45) is 0. The van der Waals surface area contributed by atoms with Crippen LogP contribution in [0.3, 0.4) is 0 Å². The van der Waals surface area contributed by atoms with Gasteiger partial charge in [0.15, 0.2) is 0 Å². The summed E-state index contributed by atoms with van der Waals surface area (Å²) >= 11 is 0. The van der Waals surface area contributed by atoms with Crippen LogP contribution >= 0.6 is 7.82 Å². The third-order valence-corrected chi connectivity index (χ3v) is 0. The first-order valence-corrected chi connectivity index (χ1v) is 2.19. The molecule has 9 heteroatoms. The van der Waals surface area contributed by atoms with Crippen LogP contribution in [0, 0.1) is 0 Å². The molecule has 0 aromatic rings. The van der Waals surface area contributed by atoms with Crippen molar-refractivity contribution in [3.05, 3.63) is 0 Å². The van der Waals surface area contributed by atoms with Crippen LogP contribution in [-0.2, 0) is 4.57 Å². The van der Waals surface area contributed by atoms with Gasteiger partial charge in [-0.15, -0.1) is 0 Å². The van der Waals surface area contributed by atoms with Crippen LogP contribution < -0.4 is 133 Å². The van der Waals surface area contributed by atoms with Crippen LogP contribution in [0.2, 0.25) is 0 Å². The predicted octanol–water partition coefficient (Wildman–Crippen LogP) is -14.7. The van der Waals surface area contributed by atoms with Crippen LogP contribution in [0.25, 0.3) is 0 Å². The van der Waals surface area contributed by atoms with Crippen LogP contribution in [0.1, 0.15) is 1.43 Å². The van der Waals surface area contributed by atoms with Crippen molar-refractivity contribution in [2.24, 2.45) is 0 Å². The maximum atomic E-state index is 8.55. The summed E-state index contributed by atoms with van der Waals surface area (Å²) in [6, 6.07) is 0. The average molecular weight is 188 g/mol. The number of phosphoric acid groups is 1. The van der Waals surface area contributed by atoms with E-state index in [4.69, 9.17) is 19.2 Å². The molecule has 0 fully saturated rings. The van der Waals surface area contributed by atoms with Gasteiger partial charge in [-0.2, -0.15) is 7.82 Å². The molecule has 9 heavy (non-hydrogen) atoms. The third-order valence-electron chi connectivity index (χ3n) is 0. The van der Waals surface area contributed by atoms with Crippen molar-refractivity contribution in [2.75, 3.05) is 0 Å². The molecule has 34 valence electrons. The van der Waals surface area contributed by atoms with Gasteiger partial charge in [0.25, 0.3) is 0 Å². The fraction of sp³-hybridized carbons (Fsp3) is 0. The van der Waals surface area contributed by atoms with Crippen LogP contribution in [0.5, 0.6) is 0 Å². The quantitative estimate of drug-likeness (QED) is 0.279. The summed E-state index contributed by atoms with van der Waals surface area (Å²) in [7, 11) is -5.39. The first-order valence-electron chi connectivity index (χ1n) is 0.730. The van der Waals surface area contributed by atoms with Gasteiger partial charge in [0, 0.05) is 0 Å². The minimum atomic E-state index is -5.39. The molecule has 0 aliphatic heterocycles. The molecule has 0 aromatic carbocycles. The van der Waals surface area contributed by atoms with Crippen molar-refractivity contribution in [3.8, 4) is 0 Å². The van der Waals surface area contributed by atoms with Gasteiger partial charge in [-0.25, -0.2) is 0 Å². The Morgan fingerprint density at radius 3 is 0.889 bits per heavy atom. The van der Waals surface area contributed by atoms with E-state index in [0.717, 1.165) is 0 Å². The Morgan fingerprint density at radius 1 is 0.889 bits per heavy atom. The zero-order chi connectivity index (χ0) is 4.50. The van der Waals surface area contributed by atoms with E-state index in [2.05, 4.69) is 0 Å². The molecule has 0 heterocycles. The molecule has 0 aliphatic rings. The van der Waals surface area contributed by atoms with Crippen LogP contribution in [0.15, 0.2) is 0 Å². The smallest absolute Gasteiger partial charge is 1.00 e. The minimum Gasteiger partial charge on any atom is -1.00 e. The monoisotopic (exact) mass is 188 g/mol. The molecule has 0 aromatic heterocycles. The van der Waals surface area contributed by atoms with E-state index in [1.54, 1.807) is 0 Å². The normalized spacial score (nSPS) is 6.56. The fourth-order valence-electron chi connectivity index (χ4n) is 0. The first-order chi connectivity index (χ1) is 2.00. The van der Waals surface area contributed by atoms with Gasteiger partial charge in [0.05, 0.1) is 0 Å². The van der Waals surface area contributed by atoms with Gasteiger partial charge >= 0.3 is 118 Å². The van der Waals surface area contributed by atoms with E-state index in [1.165, 1.54) is 0 Å². The molecule has 0 rings (SSSR count). The second-order valence-corrected chi connectivity index (χ2v) is 1.34. The molecular weight excluding hydrogens is 187 g/mol. The number of rotatable bonds is 0. The Labute approximate surface area is 143 Å². The van der Waals surface area contributed by atoms with Gasteiger partial charge in [0.2, 0.25) is 0 Å². The van der Waals surface area contributed by atoms with Crippen molar-refractivity contribution in [1.29, 1.82) is 0 Å². The molecule has 0 radical (unpaired) electrons. The Bertz CT molecular complexity index is 63.4. The molecule has 0 saturated heterocycles. The largest absolute Gasteiger partial charge is 1.00 e. The molecule has 0 spiro atoms. The predicted molar refractivity (Wildman–Crippen MR) is 8.72 cm³/mol. The summed E-state index contributed by atoms with van der Waals surface area (Å²) < 4.78 is 8.55. The zero-order valence-corrected chi connectivity index (χ0v) is 15.0. The van der Waals surface area contributed by atoms with Gasteiger partial charge in [-0.1, -0.05) is 0 Å². The van der Waals surface area contributed by atoms with E-state index in [-0.39, 0.29) is 120 Å². The van der Waals surface area contributed by atoms with Gasteiger partial charge in [-0.3, -0.25) is 0 Å². The number of hydrogen-bond acceptors (Lipinski definition) is 4. The molecular formula is HNa4O4P. The van der Waals surface area contributed by atoms with Crippen LogP contribution in [-0.4, -0.2) is 0 Å². The van der Waals surface area contributed by atoms with Gasteiger partial charge in [0.1, 0.15) is 0 Å². The number of hydrogen-bond donors (Lipinski definition) is 0. The average Bonchev–Trinajstić information content (AvgIpc) is 0.722. The van der Waals surface area contributed by atoms with E-state index < -0.39 is 7.82 Å². The molecule has 0 aliphatic carbocycles. The molecule has 0 N–H and O–H groups in total. The molecule has 0 bridgehead atoms. The van der Waals surface area contributed by atoms with Crippen molar-refractivity contribution >= 4 is 7.82 Å². The third kappa shape index (κ3) is 73.3. The molecule has 4 nitrogen and oxygen atoms in total. The summed E-state index contributed by atoms with van der Waals surface area (Å²) in [6.45, 7) is 0. The Kier molecular flexibility index (Phi) is 47.5. The van der Waals surface area contributed by atoms with E-state index in [0.29, 0.717) is 0 Å². The standard InChI is InChI=1S/4Na.H3O4P.H/c;;;;1-5(2,3)4;/h;;;;(H3,1,2,3,4);/q4*+1;;-1/p-3. The maximum absolute atomic E-state index is 8.55. The second kappa shape index (κ2) is 14.6. The summed E-state index contributed by atoms with van der Waals surface area (Å²) in [5, 5.41) is 0. The van der Waals surface area contributed by atoms with Crippen molar-refractivity contribution < 1.29 is 139 Å². The van der Waals surface area contributed by atoms with E-state index >= 15 is 0 Å². The van der Waals surface area contributed by atoms with Crippen molar-refractivity contribution in [3.63, 3.8) is 0 Å². The van der Waals surface area contributed by atoms with E-state index in [9.17, 15) is 0 Å². The molecule has 0 unspecified atom stereocenters. The van der Waals surface area contributed by atoms with E-state index in [1.807, 2.05) is 0 Å². The van der Waals surface area contributed by atoms with Gasteiger partial charge < -0.3 is 20.7 Å². The molecule has 0 amide bonds. The first kappa shape index (κ1) is 29.2.